The fourth-order valence-electron chi connectivity index (χ4n) is 0.551. The molecule has 0 amide bonds. The third kappa shape index (κ3) is 32.9. The summed E-state index contributed by atoms with van der Waals surface area (Å²) in [5.74, 6) is 0.512. The molecule has 0 aliphatic carbocycles. The van der Waals surface area contributed by atoms with Gasteiger partial charge in [-0.05, 0) is 5.92 Å². The van der Waals surface area contributed by atoms with Crippen LogP contribution in [0.4, 0.5) is 0 Å². The first-order valence-electron chi connectivity index (χ1n) is 7.16. The molecule has 0 saturated carbocycles. The Labute approximate surface area is 147 Å². The minimum Gasteiger partial charge on any atom is -0.665 e. The van der Waals surface area contributed by atoms with Gasteiger partial charge in [0.1, 0.15) is 0 Å². The van der Waals surface area contributed by atoms with Gasteiger partial charge in [0.2, 0.25) is 0 Å². The second-order valence-corrected chi connectivity index (χ2v) is 4.01. The molecule has 0 saturated heterocycles. The molecule has 0 spiro atoms. The summed E-state index contributed by atoms with van der Waals surface area (Å²) < 4.78 is 0. The van der Waals surface area contributed by atoms with Crippen LogP contribution < -0.4 is 5.10 Å². The van der Waals surface area contributed by atoms with Gasteiger partial charge in [-0.15, -0.1) is 0 Å². The molecule has 0 atom stereocenters. The fourth-order valence-corrected chi connectivity index (χ4v) is 0.551. The van der Waals surface area contributed by atoms with Crippen LogP contribution in [0.3, 0.4) is 0 Å². The predicted molar refractivity (Wildman–Crippen MR) is 91.1 cm³/mol. The molecule has 5 nitrogen and oxygen atoms in total. The SMILES string of the molecule is CC(C)c1cc[n-]n1.CC[N-]C.CC[N-]C.CC[N-]C.[Ti+4]. The van der Waals surface area contributed by atoms with E-state index in [9.17, 15) is 0 Å². The van der Waals surface area contributed by atoms with E-state index in [1.165, 1.54) is 0 Å². The van der Waals surface area contributed by atoms with Gasteiger partial charge in [-0.3, -0.25) is 0 Å². The van der Waals surface area contributed by atoms with Gasteiger partial charge in [-0.2, -0.15) is 47.0 Å². The van der Waals surface area contributed by atoms with E-state index in [0.29, 0.717) is 5.92 Å². The molecular formula is C15H33N5Ti. The Morgan fingerprint density at radius 1 is 0.952 bits per heavy atom. The van der Waals surface area contributed by atoms with Gasteiger partial charge in [0.25, 0.3) is 0 Å². The predicted octanol–water partition coefficient (Wildman–Crippen LogP) is 4.19. The number of hydrogen-bond donors (Lipinski definition) is 0. The molecule has 1 rings (SSSR count). The van der Waals surface area contributed by atoms with Crippen molar-refractivity contribution in [2.24, 2.45) is 0 Å². The number of rotatable bonds is 4. The second kappa shape index (κ2) is 28.0. The van der Waals surface area contributed by atoms with Crippen molar-refractivity contribution in [1.82, 2.24) is 10.2 Å². The molecule has 0 N–H and O–H groups in total. The van der Waals surface area contributed by atoms with Crippen LogP contribution >= 0.6 is 0 Å². The van der Waals surface area contributed by atoms with Gasteiger partial charge in [-0.25, -0.2) is 0 Å². The Kier molecular flexibility index (Phi) is 38.6. The Morgan fingerprint density at radius 2 is 1.29 bits per heavy atom. The zero-order valence-corrected chi connectivity index (χ0v) is 16.7. The molecule has 0 radical (unpaired) electrons. The maximum atomic E-state index is 3.87. The van der Waals surface area contributed by atoms with E-state index in [1.807, 2.05) is 26.8 Å². The summed E-state index contributed by atoms with van der Waals surface area (Å²) in [6.45, 7) is 13.1. The van der Waals surface area contributed by atoms with E-state index in [2.05, 4.69) is 40.0 Å². The van der Waals surface area contributed by atoms with Crippen molar-refractivity contribution in [1.29, 1.82) is 0 Å². The maximum Gasteiger partial charge on any atom is 4.00 e. The van der Waals surface area contributed by atoms with E-state index in [4.69, 9.17) is 0 Å². The van der Waals surface area contributed by atoms with E-state index in [0.717, 1.165) is 25.3 Å². The zero-order valence-electron chi connectivity index (χ0n) is 15.1. The van der Waals surface area contributed by atoms with Crippen molar-refractivity contribution in [3.8, 4) is 0 Å². The molecule has 1 heterocycles. The molecule has 0 aromatic carbocycles. The zero-order chi connectivity index (χ0) is 16.2. The van der Waals surface area contributed by atoms with E-state index >= 15 is 0 Å². The van der Waals surface area contributed by atoms with Crippen LogP contribution in [0.25, 0.3) is 16.0 Å². The summed E-state index contributed by atoms with van der Waals surface area (Å²) in [4.78, 5) is 0. The van der Waals surface area contributed by atoms with E-state index in [1.54, 1.807) is 27.3 Å². The van der Waals surface area contributed by atoms with E-state index in [-0.39, 0.29) is 21.7 Å². The van der Waals surface area contributed by atoms with Crippen LogP contribution in [0.15, 0.2) is 12.3 Å². The summed E-state index contributed by atoms with van der Waals surface area (Å²) in [6.07, 6.45) is 1.72. The maximum absolute atomic E-state index is 3.87. The van der Waals surface area contributed by atoms with Gasteiger partial charge < -0.3 is 26.1 Å². The second-order valence-electron chi connectivity index (χ2n) is 4.01. The topological polar surface area (TPSA) is 69.3 Å². The Bertz CT molecular complexity index is 212. The third-order valence-electron chi connectivity index (χ3n) is 2.03. The molecule has 0 unspecified atom stereocenters. The minimum atomic E-state index is 0. The average molecular weight is 331 g/mol. The minimum absolute atomic E-state index is 0. The normalized spacial score (nSPS) is 8.24. The summed E-state index contributed by atoms with van der Waals surface area (Å²) in [6, 6.07) is 1.94. The number of aromatic nitrogens is 2. The molecule has 0 aliphatic heterocycles. The quantitative estimate of drug-likeness (QED) is 0.776. The van der Waals surface area contributed by atoms with Crippen LogP contribution in [0.1, 0.15) is 46.2 Å². The smallest absolute Gasteiger partial charge is 0.665 e. The number of hydrogen-bond acceptors (Lipinski definition) is 1. The van der Waals surface area contributed by atoms with Crippen LogP contribution in [0.2, 0.25) is 0 Å². The molecule has 6 heteroatoms. The van der Waals surface area contributed by atoms with Crippen LogP contribution in [0, 0.1) is 0 Å². The van der Waals surface area contributed by atoms with Gasteiger partial charge in [0.15, 0.2) is 0 Å². The molecular weight excluding hydrogens is 298 g/mol. The number of nitrogens with zero attached hydrogens (tertiary/aromatic N) is 5. The molecule has 0 bridgehead atoms. The van der Waals surface area contributed by atoms with Crippen molar-refractivity contribution >= 4 is 0 Å². The fraction of sp³-hybridized carbons (Fsp3) is 0.800. The van der Waals surface area contributed by atoms with Crippen LogP contribution in [0.5, 0.6) is 0 Å². The van der Waals surface area contributed by atoms with Gasteiger partial charge in [-0.1, -0.05) is 40.7 Å². The average Bonchev–Trinajstić information content (AvgIpc) is 3.02. The van der Waals surface area contributed by atoms with Crippen molar-refractivity contribution in [2.75, 3.05) is 40.8 Å². The third-order valence-corrected chi connectivity index (χ3v) is 2.03. The van der Waals surface area contributed by atoms with Gasteiger partial charge in [0, 0.05) is 5.69 Å². The Morgan fingerprint density at radius 3 is 1.38 bits per heavy atom. The Balaban J connectivity index is -0.0000000973. The van der Waals surface area contributed by atoms with Crippen molar-refractivity contribution in [2.45, 2.75) is 40.5 Å². The molecule has 0 fully saturated rings. The van der Waals surface area contributed by atoms with Crippen LogP contribution in [-0.2, 0) is 21.7 Å². The van der Waals surface area contributed by atoms with Crippen molar-refractivity contribution in [3.63, 3.8) is 0 Å². The first kappa shape index (κ1) is 28.9. The summed E-state index contributed by atoms with van der Waals surface area (Å²) in [5.41, 5.74) is 1.07. The largest absolute Gasteiger partial charge is 4.00 e. The standard InChI is InChI=1S/C6H9N2.3C3H8N.Ti/c1-5(2)6-3-4-7-8-6;3*1-3-4-2;/h3-5H,1-2H3;3*3H2,1-2H3;/q4*-1;+4. The van der Waals surface area contributed by atoms with Crippen LogP contribution in [-0.4, -0.2) is 45.9 Å². The summed E-state index contributed by atoms with van der Waals surface area (Å²) in [5, 5.41) is 18.8. The molecule has 122 valence electrons. The monoisotopic (exact) mass is 331 g/mol. The molecule has 1 aromatic heterocycles. The molecule has 0 aliphatic rings. The van der Waals surface area contributed by atoms with Gasteiger partial charge in [0.05, 0.1) is 0 Å². The van der Waals surface area contributed by atoms with Crippen molar-refractivity contribution < 1.29 is 21.7 Å². The van der Waals surface area contributed by atoms with E-state index < -0.39 is 0 Å². The Hall–Kier alpha value is -0.196. The van der Waals surface area contributed by atoms with Crippen molar-refractivity contribution in [3.05, 3.63) is 33.9 Å². The first-order chi connectivity index (χ1) is 9.55. The summed E-state index contributed by atoms with van der Waals surface area (Å²) >= 11 is 0. The molecule has 1 aromatic rings. The van der Waals surface area contributed by atoms with Gasteiger partial charge >= 0.3 is 21.7 Å². The first-order valence-corrected chi connectivity index (χ1v) is 7.16. The molecule has 21 heavy (non-hydrogen) atoms. The summed E-state index contributed by atoms with van der Waals surface area (Å²) in [7, 11) is 5.42.